The lowest BCUT2D eigenvalue weighted by Gasteiger charge is -2.15. The Morgan fingerprint density at radius 1 is 1.47 bits per heavy atom. The number of carbonyl (C=O) groups is 1. The number of hydrogen-bond donors (Lipinski definition) is 0. The van der Waals surface area contributed by atoms with Crippen LogP contribution in [0.1, 0.15) is 20.3 Å². The number of aromatic nitrogens is 2. The second-order valence-corrected chi connectivity index (χ2v) is 5.01. The lowest BCUT2D eigenvalue weighted by atomic mass is 9.95. The van der Waals surface area contributed by atoms with Gasteiger partial charge in [0.1, 0.15) is 12.4 Å². The van der Waals surface area contributed by atoms with E-state index in [0.29, 0.717) is 11.8 Å². The highest BCUT2D eigenvalue weighted by Crippen LogP contribution is 2.23. The van der Waals surface area contributed by atoms with Gasteiger partial charge < -0.3 is 28.9 Å². The average molecular weight is 349 g/mol. The number of imidazole rings is 1. The van der Waals surface area contributed by atoms with E-state index in [4.69, 9.17) is 0 Å². The standard InChI is InChI=1S/C12H20N3O.HI/c1-10(2)11-4-5-14(8-11)12(16)15-7-6-13(3)9-15;/h6-7,9-11H,4-5,8H2,1-3H3;1H/q+1;/p-1. The zero-order valence-electron chi connectivity index (χ0n) is 10.6. The predicted octanol–water partition coefficient (Wildman–Crippen LogP) is -1.74. The number of amides is 1. The fourth-order valence-corrected chi connectivity index (χ4v) is 2.23. The molecule has 2 heterocycles. The molecule has 0 spiro atoms. The monoisotopic (exact) mass is 349 g/mol. The highest BCUT2D eigenvalue weighted by atomic mass is 127. The van der Waals surface area contributed by atoms with E-state index in [0.717, 1.165) is 19.5 Å². The van der Waals surface area contributed by atoms with Crippen LogP contribution >= 0.6 is 0 Å². The first-order chi connectivity index (χ1) is 7.58. The molecule has 1 saturated heterocycles. The summed E-state index contributed by atoms with van der Waals surface area (Å²) >= 11 is 0. The Kier molecular flexibility index (Phi) is 4.97. The number of hydrogen-bond acceptors (Lipinski definition) is 1. The Labute approximate surface area is 120 Å². The molecule has 2 rings (SSSR count). The molecule has 0 saturated carbocycles. The number of likely N-dealkylation sites (tertiary alicyclic amines) is 1. The molecule has 1 aliphatic rings. The Bertz CT molecular complexity index is 389. The largest absolute Gasteiger partial charge is 1.00 e. The van der Waals surface area contributed by atoms with E-state index >= 15 is 0 Å². The van der Waals surface area contributed by atoms with Crippen LogP contribution in [-0.2, 0) is 7.05 Å². The van der Waals surface area contributed by atoms with E-state index in [9.17, 15) is 4.79 Å². The molecule has 1 unspecified atom stereocenters. The smallest absolute Gasteiger partial charge is 0.415 e. The summed E-state index contributed by atoms with van der Waals surface area (Å²) in [5.41, 5.74) is 0. The maximum atomic E-state index is 12.1. The summed E-state index contributed by atoms with van der Waals surface area (Å²) in [4.78, 5) is 14.1. The van der Waals surface area contributed by atoms with Crippen LogP contribution in [0.25, 0.3) is 0 Å². The minimum absolute atomic E-state index is 0. The van der Waals surface area contributed by atoms with Gasteiger partial charge in [-0.15, -0.1) is 0 Å². The lowest BCUT2D eigenvalue weighted by Crippen LogP contribution is -3.00. The van der Waals surface area contributed by atoms with E-state index < -0.39 is 0 Å². The van der Waals surface area contributed by atoms with Crippen LogP contribution in [0.4, 0.5) is 4.79 Å². The van der Waals surface area contributed by atoms with E-state index in [1.807, 2.05) is 35.2 Å². The van der Waals surface area contributed by atoms with E-state index in [2.05, 4.69) is 13.8 Å². The van der Waals surface area contributed by atoms with Gasteiger partial charge in [-0.25, -0.2) is 9.36 Å². The maximum Gasteiger partial charge on any atom is 0.415 e. The van der Waals surface area contributed by atoms with Crippen molar-refractivity contribution in [1.82, 2.24) is 9.47 Å². The fraction of sp³-hybridized carbons (Fsp3) is 0.667. The average Bonchev–Trinajstić information content (AvgIpc) is 2.84. The van der Waals surface area contributed by atoms with Crippen molar-refractivity contribution in [2.45, 2.75) is 20.3 Å². The first-order valence-electron chi connectivity index (χ1n) is 5.90. The zero-order chi connectivity index (χ0) is 11.7. The van der Waals surface area contributed by atoms with Crippen molar-refractivity contribution >= 4 is 6.03 Å². The molecule has 4 nitrogen and oxygen atoms in total. The number of aryl methyl sites for hydroxylation is 1. The molecule has 0 aromatic carbocycles. The fourth-order valence-electron chi connectivity index (χ4n) is 2.23. The number of rotatable bonds is 1. The molecule has 1 aromatic heterocycles. The van der Waals surface area contributed by atoms with Gasteiger partial charge in [0.05, 0.1) is 7.05 Å². The van der Waals surface area contributed by atoms with Crippen molar-refractivity contribution in [1.29, 1.82) is 0 Å². The van der Waals surface area contributed by atoms with Crippen LogP contribution in [-0.4, -0.2) is 28.6 Å². The van der Waals surface area contributed by atoms with Crippen molar-refractivity contribution in [3.05, 3.63) is 18.7 Å². The molecule has 0 N–H and O–H groups in total. The molecule has 1 atom stereocenters. The van der Waals surface area contributed by atoms with E-state index in [-0.39, 0.29) is 30.0 Å². The van der Waals surface area contributed by atoms with Crippen LogP contribution in [0, 0.1) is 11.8 Å². The molecular formula is C12H20IN3O. The molecule has 0 aliphatic carbocycles. The Morgan fingerprint density at radius 3 is 2.65 bits per heavy atom. The molecule has 1 amide bonds. The maximum absolute atomic E-state index is 12.1. The summed E-state index contributed by atoms with van der Waals surface area (Å²) in [6.45, 7) is 6.25. The first kappa shape index (κ1) is 14.5. The summed E-state index contributed by atoms with van der Waals surface area (Å²) < 4.78 is 3.54. The third-order valence-corrected chi connectivity index (χ3v) is 3.43. The highest BCUT2D eigenvalue weighted by Gasteiger charge is 2.30. The van der Waals surface area contributed by atoms with Crippen molar-refractivity contribution in [2.75, 3.05) is 13.1 Å². The van der Waals surface area contributed by atoms with Crippen LogP contribution in [0.15, 0.2) is 18.7 Å². The van der Waals surface area contributed by atoms with E-state index in [1.165, 1.54) is 0 Å². The molecule has 0 radical (unpaired) electrons. The summed E-state index contributed by atoms with van der Waals surface area (Å²) in [5, 5.41) is 0. The molecule has 1 aromatic rings. The van der Waals surface area contributed by atoms with Crippen LogP contribution in [0.2, 0.25) is 0 Å². The van der Waals surface area contributed by atoms with Gasteiger partial charge >= 0.3 is 6.03 Å². The minimum Gasteiger partial charge on any atom is -1.00 e. The quantitative estimate of drug-likeness (QED) is 0.437. The van der Waals surface area contributed by atoms with Gasteiger partial charge in [0.25, 0.3) is 6.33 Å². The van der Waals surface area contributed by atoms with Gasteiger partial charge in [-0.3, -0.25) is 0 Å². The van der Waals surface area contributed by atoms with Crippen molar-refractivity contribution in [3.8, 4) is 0 Å². The number of nitrogens with zero attached hydrogens (tertiary/aromatic N) is 3. The molecule has 0 bridgehead atoms. The van der Waals surface area contributed by atoms with Crippen molar-refractivity contribution in [2.24, 2.45) is 18.9 Å². The molecule has 1 fully saturated rings. The van der Waals surface area contributed by atoms with Crippen molar-refractivity contribution < 1.29 is 33.3 Å². The molecule has 5 heteroatoms. The Balaban J connectivity index is 0.00000144. The second-order valence-electron chi connectivity index (χ2n) is 5.01. The number of halogens is 1. The molecular weight excluding hydrogens is 329 g/mol. The van der Waals surface area contributed by atoms with Gasteiger partial charge in [-0.2, -0.15) is 4.57 Å². The highest BCUT2D eigenvalue weighted by molar-refractivity contribution is 5.76. The van der Waals surface area contributed by atoms with Crippen LogP contribution in [0.5, 0.6) is 0 Å². The topological polar surface area (TPSA) is 29.1 Å². The third-order valence-electron chi connectivity index (χ3n) is 3.43. The summed E-state index contributed by atoms with van der Waals surface area (Å²) in [5.74, 6) is 1.33. The molecule has 1 aliphatic heterocycles. The minimum atomic E-state index is 0. The Morgan fingerprint density at radius 2 is 2.18 bits per heavy atom. The van der Waals surface area contributed by atoms with Gasteiger partial charge in [0.2, 0.25) is 0 Å². The second kappa shape index (κ2) is 5.84. The van der Waals surface area contributed by atoms with Gasteiger partial charge in [-0.1, -0.05) is 13.8 Å². The van der Waals surface area contributed by atoms with Crippen molar-refractivity contribution in [3.63, 3.8) is 0 Å². The summed E-state index contributed by atoms with van der Waals surface area (Å²) in [7, 11) is 1.92. The first-order valence-corrected chi connectivity index (χ1v) is 5.90. The molecule has 17 heavy (non-hydrogen) atoms. The Hall–Kier alpha value is -0.590. The van der Waals surface area contributed by atoms with Crippen LogP contribution < -0.4 is 28.5 Å². The zero-order valence-corrected chi connectivity index (χ0v) is 12.8. The summed E-state index contributed by atoms with van der Waals surface area (Å²) in [6, 6.07) is 0.101. The van der Waals surface area contributed by atoms with Gasteiger partial charge in [0.15, 0.2) is 0 Å². The lowest BCUT2D eigenvalue weighted by molar-refractivity contribution is -0.670. The van der Waals surface area contributed by atoms with E-state index in [1.54, 1.807) is 4.57 Å². The SMILES string of the molecule is CC(C)C1CCN(C(=O)n2cc[n+](C)c2)C1.[I-]. The normalized spacial score (nSPS) is 19.5. The third kappa shape index (κ3) is 3.20. The van der Waals surface area contributed by atoms with Gasteiger partial charge in [-0.05, 0) is 18.3 Å². The molecule has 96 valence electrons. The predicted molar refractivity (Wildman–Crippen MR) is 60.9 cm³/mol. The number of carbonyl (C=O) groups excluding carboxylic acids is 1. The summed E-state index contributed by atoms with van der Waals surface area (Å²) in [6.07, 6.45) is 6.64. The van der Waals surface area contributed by atoms with Gasteiger partial charge in [0, 0.05) is 13.1 Å². The van der Waals surface area contributed by atoms with Crippen LogP contribution in [0.3, 0.4) is 0 Å².